The molecule has 6 nitrogen and oxygen atoms in total. The summed E-state index contributed by atoms with van der Waals surface area (Å²) in [5.74, 6) is -1.14. The van der Waals surface area contributed by atoms with Crippen molar-refractivity contribution in [2.24, 2.45) is 5.10 Å². The summed E-state index contributed by atoms with van der Waals surface area (Å²) in [6, 6.07) is 16.5. The lowest BCUT2D eigenvalue weighted by Crippen LogP contribution is -2.42. The molecule has 3 aromatic rings. The fraction of sp³-hybridized carbons (Fsp3) is 0.240. The van der Waals surface area contributed by atoms with Gasteiger partial charge in [0.1, 0.15) is 12.4 Å². The molecule has 1 aliphatic rings. The van der Waals surface area contributed by atoms with Gasteiger partial charge in [0.25, 0.3) is 11.8 Å². The molecule has 9 heteroatoms. The number of rotatable bonds is 8. The van der Waals surface area contributed by atoms with Crippen LogP contribution in [0, 0.1) is 5.82 Å². The summed E-state index contributed by atoms with van der Waals surface area (Å²) in [5, 5.41) is 8.11. The number of hydrazone groups is 1. The SMILES string of the molecule is COCCN(CC(=O)N1N=C(c2ccccc2F)C[C@@H]1c1cccs1)C(=O)c1ccccc1Cl. The van der Waals surface area contributed by atoms with Gasteiger partial charge in [-0.05, 0) is 29.6 Å². The molecule has 34 heavy (non-hydrogen) atoms. The van der Waals surface area contributed by atoms with Crippen LogP contribution < -0.4 is 0 Å². The highest BCUT2D eigenvalue weighted by Gasteiger charge is 2.35. The zero-order valence-electron chi connectivity index (χ0n) is 18.5. The van der Waals surface area contributed by atoms with Gasteiger partial charge in [-0.2, -0.15) is 5.10 Å². The first-order valence-electron chi connectivity index (χ1n) is 10.7. The van der Waals surface area contributed by atoms with Gasteiger partial charge in [-0.15, -0.1) is 11.3 Å². The van der Waals surface area contributed by atoms with Crippen LogP contribution >= 0.6 is 22.9 Å². The largest absolute Gasteiger partial charge is 0.383 e. The number of benzene rings is 2. The summed E-state index contributed by atoms with van der Waals surface area (Å²) >= 11 is 7.72. The molecule has 0 unspecified atom stereocenters. The topological polar surface area (TPSA) is 62.2 Å². The van der Waals surface area contributed by atoms with E-state index in [0.717, 1.165) is 4.88 Å². The molecule has 1 atom stereocenters. The van der Waals surface area contributed by atoms with E-state index in [1.165, 1.54) is 34.4 Å². The molecule has 0 fully saturated rings. The molecular formula is C25H23ClFN3O3S. The van der Waals surface area contributed by atoms with Gasteiger partial charge in [0.2, 0.25) is 0 Å². The molecule has 0 radical (unpaired) electrons. The number of amides is 2. The van der Waals surface area contributed by atoms with Gasteiger partial charge in [-0.1, -0.05) is 48.0 Å². The number of nitrogens with zero attached hydrogens (tertiary/aromatic N) is 3. The summed E-state index contributed by atoms with van der Waals surface area (Å²) in [6.07, 6.45) is 0.379. The first kappa shape index (κ1) is 24.1. The monoisotopic (exact) mass is 499 g/mol. The van der Waals surface area contributed by atoms with Crippen LogP contribution in [0.2, 0.25) is 5.02 Å². The Bertz CT molecular complexity index is 1200. The third kappa shape index (κ3) is 5.19. The van der Waals surface area contributed by atoms with E-state index in [1.807, 2.05) is 17.5 Å². The predicted octanol–water partition coefficient (Wildman–Crippen LogP) is 5.01. The number of hydrogen-bond donors (Lipinski definition) is 0. The summed E-state index contributed by atoms with van der Waals surface area (Å²) in [6.45, 7) is 0.235. The molecule has 2 amide bonds. The predicted molar refractivity (Wildman–Crippen MR) is 131 cm³/mol. The van der Waals surface area contributed by atoms with Crippen molar-refractivity contribution in [1.29, 1.82) is 0 Å². The first-order valence-corrected chi connectivity index (χ1v) is 12.0. The van der Waals surface area contributed by atoms with E-state index in [2.05, 4.69) is 5.10 Å². The Morgan fingerprint density at radius 1 is 1.18 bits per heavy atom. The van der Waals surface area contributed by atoms with E-state index in [-0.39, 0.29) is 37.6 Å². The van der Waals surface area contributed by atoms with Gasteiger partial charge in [0.05, 0.1) is 28.9 Å². The second-order valence-corrected chi connectivity index (χ2v) is 9.09. The number of carbonyl (C=O) groups excluding carboxylic acids is 2. The summed E-state index contributed by atoms with van der Waals surface area (Å²) < 4.78 is 19.6. The van der Waals surface area contributed by atoms with Crippen LogP contribution in [0.25, 0.3) is 0 Å². The second kappa shape index (κ2) is 10.9. The van der Waals surface area contributed by atoms with Gasteiger partial charge in [-0.3, -0.25) is 9.59 Å². The van der Waals surface area contributed by atoms with Crippen molar-refractivity contribution in [2.75, 3.05) is 26.8 Å². The number of ether oxygens (including phenoxy) is 1. The molecule has 176 valence electrons. The van der Waals surface area contributed by atoms with Crippen LogP contribution in [-0.2, 0) is 9.53 Å². The summed E-state index contributed by atoms with van der Waals surface area (Å²) in [5.41, 5.74) is 1.16. The molecule has 0 bridgehead atoms. The average Bonchev–Trinajstić information content (AvgIpc) is 3.52. The minimum Gasteiger partial charge on any atom is -0.383 e. The van der Waals surface area contributed by atoms with E-state index >= 15 is 0 Å². The Morgan fingerprint density at radius 2 is 1.94 bits per heavy atom. The third-order valence-corrected chi connectivity index (χ3v) is 6.81. The Morgan fingerprint density at radius 3 is 2.65 bits per heavy atom. The molecule has 0 saturated carbocycles. The molecular weight excluding hydrogens is 477 g/mol. The highest BCUT2D eigenvalue weighted by Crippen LogP contribution is 2.35. The summed E-state index contributed by atoms with van der Waals surface area (Å²) in [7, 11) is 1.53. The maximum Gasteiger partial charge on any atom is 0.262 e. The van der Waals surface area contributed by atoms with Gasteiger partial charge in [0, 0.05) is 30.5 Å². The van der Waals surface area contributed by atoms with Crippen molar-refractivity contribution in [2.45, 2.75) is 12.5 Å². The van der Waals surface area contributed by atoms with Crippen molar-refractivity contribution in [1.82, 2.24) is 9.91 Å². The normalized spacial score (nSPS) is 15.3. The summed E-state index contributed by atoms with van der Waals surface area (Å²) in [4.78, 5) is 29.0. The standard InChI is InChI=1S/C25H23ClFN3O3S/c1-33-13-12-29(25(32)17-7-2-4-9-19(17)26)16-24(31)30-22(23-11-6-14-34-23)15-21(28-30)18-8-3-5-10-20(18)27/h2-11,14,22H,12-13,15-16H2,1H3/t22-/m1/s1. The van der Waals surface area contributed by atoms with Crippen molar-refractivity contribution < 1.29 is 18.7 Å². The Kier molecular flexibility index (Phi) is 7.72. The average molecular weight is 500 g/mol. The molecule has 2 aromatic carbocycles. The number of hydrogen-bond acceptors (Lipinski definition) is 5. The fourth-order valence-corrected chi connectivity index (χ4v) is 4.82. The highest BCUT2D eigenvalue weighted by atomic mass is 35.5. The second-order valence-electron chi connectivity index (χ2n) is 7.70. The van der Waals surface area contributed by atoms with Gasteiger partial charge in [0.15, 0.2) is 0 Å². The molecule has 4 rings (SSSR count). The van der Waals surface area contributed by atoms with Crippen molar-refractivity contribution >= 4 is 40.5 Å². The van der Waals surface area contributed by atoms with Gasteiger partial charge < -0.3 is 9.64 Å². The van der Waals surface area contributed by atoms with Crippen molar-refractivity contribution in [3.8, 4) is 0 Å². The van der Waals surface area contributed by atoms with E-state index in [0.29, 0.717) is 28.3 Å². The highest BCUT2D eigenvalue weighted by molar-refractivity contribution is 7.10. The molecule has 1 aromatic heterocycles. The molecule has 0 spiro atoms. The molecule has 0 saturated heterocycles. The van der Waals surface area contributed by atoms with Crippen molar-refractivity contribution in [3.63, 3.8) is 0 Å². The maximum atomic E-state index is 14.5. The van der Waals surface area contributed by atoms with E-state index in [4.69, 9.17) is 16.3 Å². The molecule has 0 N–H and O–H groups in total. The van der Waals surface area contributed by atoms with Crippen LogP contribution in [-0.4, -0.2) is 54.2 Å². The number of carbonyl (C=O) groups is 2. The third-order valence-electron chi connectivity index (χ3n) is 5.51. The van der Waals surface area contributed by atoms with Crippen LogP contribution in [0.1, 0.15) is 33.3 Å². The quantitative estimate of drug-likeness (QED) is 0.438. The van der Waals surface area contributed by atoms with Crippen LogP contribution in [0.5, 0.6) is 0 Å². The minimum atomic E-state index is -0.393. The lowest BCUT2D eigenvalue weighted by Gasteiger charge is -2.26. The van der Waals surface area contributed by atoms with Crippen LogP contribution in [0.4, 0.5) is 4.39 Å². The van der Waals surface area contributed by atoms with Crippen LogP contribution in [0.15, 0.2) is 71.1 Å². The molecule has 0 aliphatic carbocycles. The lowest BCUT2D eigenvalue weighted by molar-refractivity contribution is -0.133. The molecule has 1 aliphatic heterocycles. The van der Waals surface area contributed by atoms with Gasteiger partial charge >= 0.3 is 0 Å². The number of methoxy groups -OCH3 is 1. The van der Waals surface area contributed by atoms with Crippen molar-refractivity contribution in [3.05, 3.63) is 92.9 Å². The first-order chi connectivity index (χ1) is 16.5. The smallest absolute Gasteiger partial charge is 0.262 e. The van der Waals surface area contributed by atoms with Crippen LogP contribution in [0.3, 0.4) is 0 Å². The number of thiophene rings is 1. The van der Waals surface area contributed by atoms with E-state index in [1.54, 1.807) is 42.5 Å². The van der Waals surface area contributed by atoms with Gasteiger partial charge in [-0.25, -0.2) is 9.40 Å². The Balaban J connectivity index is 1.62. The fourth-order valence-electron chi connectivity index (χ4n) is 3.80. The van der Waals surface area contributed by atoms with E-state index in [9.17, 15) is 14.0 Å². The van der Waals surface area contributed by atoms with E-state index < -0.39 is 5.82 Å². The maximum absolute atomic E-state index is 14.5. The lowest BCUT2D eigenvalue weighted by atomic mass is 10.0. The zero-order chi connectivity index (χ0) is 24.1. The zero-order valence-corrected chi connectivity index (χ0v) is 20.1. The minimum absolute atomic E-state index is 0.202. The Hall–Kier alpha value is -3.07. The Labute approximate surface area is 206 Å². The number of halogens is 2. The molecule has 2 heterocycles.